The third-order valence-corrected chi connectivity index (χ3v) is 6.77. The van der Waals surface area contributed by atoms with Gasteiger partial charge in [-0.25, -0.2) is 9.97 Å². The SMILES string of the molecule is Cc1nc2ccccc2n1CCC(=O)N1CCC2(CC1)CC(Cn1ccnc1)OC2=O. The van der Waals surface area contributed by atoms with E-state index in [0.29, 0.717) is 51.9 Å². The Morgan fingerprint density at radius 2 is 2.06 bits per heavy atom. The van der Waals surface area contributed by atoms with Gasteiger partial charge in [-0.3, -0.25) is 9.59 Å². The number of hydrogen-bond donors (Lipinski definition) is 0. The monoisotopic (exact) mass is 421 g/mol. The number of likely N-dealkylation sites (tertiary alicyclic amines) is 1. The molecule has 31 heavy (non-hydrogen) atoms. The van der Waals surface area contributed by atoms with E-state index in [-0.39, 0.29) is 18.0 Å². The molecule has 0 radical (unpaired) electrons. The quantitative estimate of drug-likeness (QED) is 0.592. The number of carbonyl (C=O) groups is 2. The van der Waals surface area contributed by atoms with E-state index in [4.69, 9.17) is 4.74 Å². The molecule has 0 N–H and O–H groups in total. The molecule has 8 heteroatoms. The molecule has 0 bridgehead atoms. The van der Waals surface area contributed by atoms with Crippen LogP contribution in [0.25, 0.3) is 11.0 Å². The van der Waals surface area contributed by atoms with Crippen LogP contribution < -0.4 is 0 Å². The average molecular weight is 422 g/mol. The van der Waals surface area contributed by atoms with Crippen LogP contribution >= 0.6 is 0 Å². The van der Waals surface area contributed by atoms with Crippen molar-refractivity contribution in [3.8, 4) is 0 Å². The maximum Gasteiger partial charge on any atom is 0.312 e. The van der Waals surface area contributed by atoms with Crippen molar-refractivity contribution in [3.63, 3.8) is 0 Å². The van der Waals surface area contributed by atoms with Crippen molar-refractivity contribution in [1.82, 2.24) is 24.0 Å². The van der Waals surface area contributed by atoms with Gasteiger partial charge in [-0.05, 0) is 31.9 Å². The van der Waals surface area contributed by atoms with E-state index in [1.54, 1.807) is 12.5 Å². The van der Waals surface area contributed by atoms with Crippen LogP contribution in [0.1, 0.15) is 31.5 Å². The van der Waals surface area contributed by atoms with E-state index >= 15 is 0 Å². The van der Waals surface area contributed by atoms with Crippen molar-refractivity contribution in [2.24, 2.45) is 5.41 Å². The Morgan fingerprint density at radius 1 is 1.26 bits per heavy atom. The highest BCUT2D eigenvalue weighted by molar-refractivity contribution is 5.81. The highest BCUT2D eigenvalue weighted by Gasteiger charge is 2.50. The molecule has 3 aromatic rings. The van der Waals surface area contributed by atoms with E-state index in [1.807, 2.05) is 46.9 Å². The fourth-order valence-corrected chi connectivity index (χ4v) is 5.01. The minimum absolute atomic E-state index is 0.106. The minimum atomic E-state index is -0.445. The standard InChI is InChI=1S/C23H27N5O3/c1-17-25-19-4-2-3-5-20(19)28(17)10-6-21(29)27-11-7-23(8-12-27)14-18(31-22(23)30)15-26-13-9-24-16-26/h2-5,9,13,16,18H,6-8,10-12,14-15H2,1H3. The molecule has 2 saturated heterocycles. The first-order valence-corrected chi connectivity index (χ1v) is 10.9. The van der Waals surface area contributed by atoms with Crippen molar-refractivity contribution < 1.29 is 14.3 Å². The Morgan fingerprint density at radius 3 is 2.84 bits per heavy atom. The molecular weight excluding hydrogens is 394 g/mol. The van der Waals surface area contributed by atoms with Gasteiger partial charge in [-0.1, -0.05) is 12.1 Å². The van der Waals surface area contributed by atoms with Gasteiger partial charge in [0.2, 0.25) is 5.91 Å². The molecule has 162 valence electrons. The summed E-state index contributed by atoms with van der Waals surface area (Å²) in [4.78, 5) is 36.0. The van der Waals surface area contributed by atoms with Gasteiger partial charge >= 0.3 is 5.97 Å². The largest absolute Gasteiger partial charge is 0.460 e. The molecule has 2 aliphatic heterocycles. The lowest BCUT2D eigenvalue weighted by molar-refractivity contribution is -0.152. The molecule has 0 saturated carbocycles. The average Bonchev–Trinajstić information content (AvgIpc) is 3.46. The highest BCUT2D eigenvalue weighted by atomic mass is 16.6. The molecule has 4 heterocycles. The number of fused-ring (bicyclic) bond motifs is 1. The summed E-state index contributed by atoms with van der Waals surface area (Å²) in [6.07, 6.45) is 7.72. The molecular formula is C23H27N5O3. The first kappa shape index (κ1) is 19.8. The second kappa shape index (κ2) is 7.83. The Hall–Kier alpha value is -3.16. The number of amides is 1. The summed E-state index contributed by atoms with van der Waals surface area (Å²) >= 11 is 0. The molecule has 1 spiro atoms. The zero-order valence-corrected chi connectivity index (χ0v) is 17.7. The summed E-state index contributed by atoms with van der Waals surface area (Å²) < 4.78 is 9.72. The molecule has 2 aliphatic rings. The molecule has 1 atom stereocenters. The van der Waals surface area contributed by atoms with Crippen molar-refractivity contribution >= 4 is 22.9 Å². The van der Waals surface area contributed by atoms with Crippen molar-refractivity contribution in [2.75, 3.05) is 13.1 Å². The number of ether oxygens (including phenoxy) is 1. The number of aryl methyl sites for hydroxylation is 2. The van der Waals surface area contributed by atoms with Gasteiger partial charge in [0.05, 0.1) is 29.3 Å². The van der Waals surface area contributed by atoms with Gasteiger partial charge in [0.25, 0.3) is 0 Å². The first-order chi connectivity index (χ1) is 15.0. The number of carbonyl (C=O) groups excluding carboxylic acids is 2. The summed E-state index contributed by atoms with van der Waals surface area (Å²) in [6, 6.07) is 8.00. The van der Waals surface area contributed by atoms with Gasteiger partial charge in [-0.15, -0.1) is 0 Å². The van der Waals surface area contributed by atoms with Crippen LogP contribution in [0.5, 0.6) is 0 Å². The summed E-state index contributed by atoms with van der Waals surface area (Å²) in [5.41, 5.74) is 1.57. The third kappa shape index (κ3) is 3.71. The fraction of sp³-hybridized carbons (Fsp3) is 0.478. The number of para-hydroxylation sites is 2. The van der Waals surface area contributed by atoms with Gasteiger partial charge < -0.3 is 18.8 Å². The molecule has 2 fully saturated rings. The van der Waals surface area contributed by atoms with Crippen molar-refractivity contribution in [1.29, 1.82) is 0 Å². The molecule has 1 aromatic carbocycles. The maximum atomic E-state index is 12.9. The van der Waals surface area contributed by atoms with Crippen LogP contribution in [0.2, 0.25) is 0 Å². The minimum Gasteiger partial charge on any atom is -0.460 e. The van der Waals surface area contributed by atoms with E-state index < -0.39 is 5.41 Å². The predicted octanol–water partition coefficient (Wildman–Crippen LogP) is 2.56. The normalized spacial score (nSPS) is 20.5. The number of nitrogens with zero attached hydrogens (tertiary/aromatic N) is 5. The number of rotatable bonds is 5. The smallest absolute Gasteiger partial charge is 0.312 e. The van der Waals surface area contributed by atoms with Crippen LogP contribution in [-0.4, -0.2) is 55.1 Å². The van der Waals surface area contributed by atoms with E-state index in [0.717, 1.165) is 16.9 Å². The second-order valence-electron chi connectivity index (χ2n) is 8.70. The topological polar surface area (TPSA) is 82.2 Å². The zero-order chi connectivity index (χ0) is 21.4. The summed E-state index contributed by atoms with van der Waals surface area (Å²) in [5, 5.41) is 0. The number of piperidine rings is 1. The molecule has 1 unspecified atom stereocenters. The van der Waals surface area contributed by atoms with Gasteiger partial charge in [-0.2, -0.15) is 0 Å². The van der Waals surface area contributed by atoms with Crippen LogP contribution in [0, 0.1) is 12.3 Å². The molecule has 2 aromatic heterocycles. The number of aromatic nitrogens is 4. The zero-order valence-electron chi connectivity index (χ0n) is 17.7. The molecule has 5 rings (SSSR count). The second-order valence-corrected chi connectivity index (χ2v) is 8.70. The molecule has 1 amide bonds. The lowest BCUT2D eigenvalue weighted by Gasteiger charge is -2.36. The Balaban J connectivity index is 1.17. The third-order valence-electron chi connectivity index (χ3n) is 6.77. The Labute approximate surface area is 180 Å². The lowest BCUT2D eigenvalue weighted by atomic mass is 9.76. The van der Waals surface area contributed by atoms with Gasteiger partial charge in [0.15, 0.2) is 0 Å². The first-order valence-electron chi connectivity index (χ1n) is 10.9. The van der Waals surface area contributed by atoms with Crippen LogP contribution in [-0.2, 0) is 27.4 Å². The number of esters is 1. The maximum absolute atomic E-state index is 12.9. The van der Waals surface area contributed by atoms with E-state index in [9.17, 15) is 9.59 Å². The summed E-state index contributed by atoms with van der Waals surface area (Å²) in [5.74, 6) is 0.947. The summed E-state index contributed by atoms with van der Waals surface area (Å²) in [6.45, 7) is 4.43. The van der Waals surface area contributed by atoms with E-state index in [2.05, 4.69) is 14.5 Å². The highest BCUT2D eigenvalue weighted by Crippen LogP contribution is 2.43. The molecule has 0 aliphatic carbocycles. The van der Waals surface area contributed by atoms with E-state index in [1.165, 1.54) is 0 Å². The Bertz CT molecular complexity index is 1100. The predicted molar refractivity (Wildman–Crippen MR) is 114 cm³/mol. The Kier molecular flexibility index (Phi) is 5.00. The van der Waals surface area contributed by atoms with Crippen LogP contribution in [0.3, 0.4) is 0 Å². The number of hydrogen-bond acceptors (Lipinski definition) is 5. The molecule has 8 nitrogen and oxygen atoms in total. The van der Waals surface area contributed by atoms with Gasteiger partial charge in [0.1, 0.15) is 11.9 Å². The van der Waals surface area contributed by atoms with Crippen LogP contribution in [0.15, 0.2) is 43.0 Å². The number of cyclic esters (lactones) is 1. The van der Waals surface area contributed by atoms with Crippen molar-refractivity contribution in [3.05, 3.63) is 48.8 Å². The number of imidazole rings is 2. The lowest BCUT2D eigenvalue weighted by Crippen LogP contribution is -2.45. The fourth-order valence-electron chi connectivity index (χ4n) is 5.01. The van der Waals surface area contributed by atoms with Gasteiger partial charge in [0, 0.05) is 44.9 Å². The van der Waals surface area contributed by atoms with Crippen molar-refractivity contribution in [2.45, 2.75) is 51.8 Å². The number of benzene rings is 1. The summed E-state index contributed by atoms with van der Waals surface area (Å²) in [7, 11) is 0. The van der Waals surface area contributed by atoms with Crippen LogP contribution in [0.4, 0.5) is 0 Å².